The van der Waals surface area contributed by atoms with Crippen LogP contribution in [0.1, 0.15) is 118 Å². The summed E-state index contributed by atoms with van der Waals surface area (Å²) in [5.41, 5.74) is -0.299. The van der Waals surface area contributed by atoms with E-state index in [1.165, 1.54) is 43.1 Å². The lowest BCUT2D eigenvalue weighted by Gasteiger charge is -2.37. The first-order chi connectivity index (χ1) is 49.5. The second-order valence-electron chi connectivity index (χ2n) is 27.7. The Morgan fingerprint density at radius 2 is 0.798 bits per heavy atom. The molecule has 6 aromatic carbocycles. The van der Waals surface area contributed by atoms with E-state index in [0.29, 0.717) is 62.5 Å². The largest absolute Gasteiger partial charge is 0.497 e. The quantitative estimate of drug-likeness (QED) is 0.0415. The van der Waals surface area contributed by atoms with Gasteiger partial charge in [-0.05, 0) is 108 Å². The van der Waals surface area contributed by atoms with E-state index in [9.17, 15) is 57.5 Å². The first kappa shape index (κ1) is 75.3. The number of carbonyl (C=O) groups is 12. The van der Waals surface area contributed by atoms with Crippen LogP contribution in [0.5, 0.6) is 17.2 Å². The molecular formula is C81H88N8O15. The number of Topliss-reactive ketones (excluding diaryl/α,β-unsaturated/α-hetero) is 4. The molecule has 23 nitrogen and oxygen atoms in total. The summed E-state index contributed by atoms with van der Waals surface area (Å²) in [6, 6.07) is 43.5. The third-order valence-corrected chi connectivity index (χ3v) is 21.9. The molecule has 0 N–H and O–H groups in total. The van der Waals surface area contributed by atoms with E-state index in [4.69, 9.17) is 14.2 Å². The van der Waals surface area contributed by atoms with E-state index in [1.54, 1.807) is 180 Å². The Bertz CT molecular complexity index is 4420. The fourth-order valence-corrected chi connectivity index (χ4v) is 15.0. The van der Waals surface area contributed by atoms with Crippen molar-refractivity contribution in [2.24, 2.45) is 23.7 Å². The molecule has 8 atom stereocenters. The maximum atomic E-state index is 13.3. The third kappa shape index (κ3) is 13.8. The number of hydrogen-bond donors (Lipinski definition) is 0. The number of ether oxygens (including phenoxy) is 3. The summed E-state index contributed by atoms with van der Waals surface area (Å²) >= 11 is 0. The van der Waals surface area contributed by atoms with E-state index in [1.807, 2.05) is 44.2 Å². The molecule has 12 amide bonds. The first-order valence-electron chi connectivity index (χ1n) is 34.5. The highest BCUT2D eigenvalue weighted by atomic mass is 16.5. The average molecular weight is 1410 g/mol. The zero-order valence-corrected chi connectivity index (χ0v) is 60.7. The zero-order valence-electron chi connectivity index (χ0n) is 60.7. The number of fused-ring (bicyclic) bond motifs is 2. The molecule has 3 aliphatic carbocycles. The monoisotopic (exact) mass is 1410 g/mol. The number of ketones is 4. The van der Waals surface area contributed by atoms with Gasteiger partial charge in [0.15, 0.2) is 23.1 Å². The van der Waals surface area contributed by atoms with E-state index in [0.717, 1.165) is 57.3 Å². The van der Waals surface area contributed by atoms with Crippen LogP contribution in [0.4, 0.5) is 19.2 Å². The molecule has 0 aromatic heterocycles. The Morgan fingerprint density at radius 1 is 0.423 bits per heavy atom. The van der Waals surface area contributed by atoms with Gasteiger partial charge in [-0.25, -0.2) is 19.2 Å². The minimum absolute atomic E-state index is 0.00970. The number of methoxy groups -OCH3 is 3. The molecule has 4 heterocycles. The average Bonchev–Trinajstić information content (AvgIpc) is 1.63. The lowest BCUT2D eigenvalue weighted by atomic mass is 9.76. The number of rotatable bonds is 19. The molecule has 2 bridgehead atoms. The predicted molar refractivity (Wildman–Crippen MR) is 387 cm³/mol. The summed E-state index contributed by atoms with van der Waals surface area (Å²) in [4.78, 5) is 163. The number of nitrogens with zero attached hydrogens (tertiary/aromatic N) is 8. The maximum Gasteiger partial charge on any atom is 0.328 e. The standard InChI is InChI=1S/C21H22N2O5.C21H22N2O4.C20H22N2O3.C19H22N2O3/c1-21(16-11-10-15(27-3)12-18(16)28-4)19(25)23(20(26)22(21)2)13-17(24)14-8-6-5-7-9-14;1-14-10-11-16(18(12-14)27-4)21(2)19(25)23(20(26)22(21)3)13-17(24)15-8-6-5-7-9-15;1-20(16-11-13-8-9-15(16)10-13)18(24)22(19(25)21(20)2)12-17(23)14-6-4-3-5-7-14;1-19(15-11-7-4-8-12-15)17(23)21(18(24)20(19)2)13-16(22)14-9-5-3-6-10-14/h5-12H,13H2,1-4H3;5-12H,13H2,1-4H3;3-9,13,15-16H,10-12H2,1-2H3;3,5-7,9-11,15H,4,8,12-13H2,1-2H3/t;;13-,15+,16?,20?;/m..1./s1. The smallest absolute Gasteiger partial charge is 0.328 e. The summed E-state index contributed by atoms with van der Waals surface area (Å²) in [6.45, 7) is 7.88. The van der Waals surface area contributed by atoms with Crippen LogP contribution < -0.4 is 14.2 Å². The topological polar surface area (TPSA) is 258 Å². The molecule has 5 fully saturated rings. The van der Waals surface area contributed by atoms with Crippen LogP contribution in [0, 0.1) is 30.6 Å². The van der Waals surface area contributed by atoms with E-state index in [2.05, 4.69) is 18.2 Å². The van der Waals surface area contributed by atoms with Crippen LogP contribution in [-0.4, -0.2) is 197 Å². The van der Waals surface area contributed by atoms with Crippen LogP contribution in [0.15, 0.2) is 182 Å². The molecule has 13 rings (SSSR count). The number of urea groups is 4. The summed E-state index contributed by atoms with van der Waals surface area (Å²) in [7, 11) is 11.0. The van der Waals surface area contributed by atoms with Gasteiger partial charge in [0.25, 0.3) is 23.6 Å². The van der Waals surface area contributed by atoms with Gasteiger partial charge >= 0.3 is 24.1 Å². The minimum atomic E-state index is -1.30. The Morgan fingerprint density at radius 3 is 1.16 bits per heavy atom. The van der Waals surface area contributed by atoms with Gasteiger partial charge in [0, 0.05) is 73.6 Å². The van der Waals surface area contributed by atoms with Crippen molar-refractivity contribution in [3.63, 3.8) is 0 Å². The predicted octanol–water partition coefficient (Wildman–Crippen LogP) is 11.3. The molecule has 104 heavy (non-hydrogen) atoms. The number of allylic oxidation sites excluding steroid dienone is 3. The number of carbonyl (C=O) groups excluding carboxylic acids is 12. The molecule has 23 heteroatoms. The number of benzene rings is 6. The van der Waals surface area contributed by atoms with Crippen LogP contribution >= 0.6 is 0 Å². The Kier molecular flexibility index (Phi) is 22.2. The molecule has 6 aromatic rings. The number of likely N-dealkylation sites (N-methyl/N-ethyl adjacent to an activating group) is 4. The molecule has 7 aliphatic rings. The highest BCUT2D eigenvalue weighted by Crippen LogP contribution is 2.52. The molecule has 0 spiro atoms. The van der Waals surface area contributed by atoms with E-state index in [-0.39, 0.29) is 79.0 Å². The molecule has 0 radical (unpaired) electrons. The normalized spacial score (nSPS) is 24.5. The highest BCUT2D eigenvalue weighted by Gasteiger charge is 2.62. The van der Waals surface area contributed by atoms with Gasteiger partial charge < -0.3 is 33.8 Å². The molecule has 6 unspecified atom stereocenters. The fraction of sp³-hybridized carbons (Fsp3) is 0.358. The number of aryl methyl sites for hydroxylation is 1. The Balaban J connectivity index is 0.000000149. The van der Waals surface area contributed by atoms with Crippen molar-refractivity contribution in [2.45, 2.75) is 88.9 Å². The van der Waals surface area contributed by atoms with Crippen molar-refractivity contribution in [1.82, 2.24) is 39.2 Å². The van der Waals surface area contributed by atoms with Crippen molar-refractivity contribution in [1.29, 1.82) is 0 Å². The molecule has 1 saturated carbocycles. The number of amides is 12. The summed E-state index contributed by atoms with van der Waals surface area (Å²) in [5, 5.41) is 0. The van der Waals surface area contributed by atoms with Gasteiger partial charge in [-0.3, -0.25) is 58.0 Å². The zero-order chi connectivity index (χ0) is 75.3. The number of imide groups is 4. The van der Waals surface area contributed by atoms with Crippen molar-refractivity contribution in [2.75, 3.05) is 75.7 Å². The van der Waals surface area contributed by atoms with Gasteiger partial charge in [0.05, 0.1) is 47.5 Å². The molecule has 4 aliphatic heterocycles. The van der Waals surface area contributed by atoms with Crippen LogP contribution in [-0.2, 0) is 30.3 Å². The van der Waals surface area contributed by atoms with Crippen LogP contribution in [0.2, 0.25) is 0 Å². The van der Waals surface area contributed by atoms with E-state index >= 15 is 0 Å². The van der Waals surface area contributed by atoms with Crippen LogP contribution in [0.25, 0.3) is 0 Å². The Labute approximate surface area is 605 Å². The third-order valence-electron chi connectivity index (χ3n) is 21.9. The molecular weight excluding hydrogens is 1320 g/mol. The van der Waals surface area contributed by atoms with Gasteiger partial charge in [-0.15, -0.1) is 0 Å². The molecule has 4 saturated heterocycles. The summed E-state index contributed by atoms with van der Waals surface area (Å²) in [5.74, 6) is 0.0228. The fourth-order valence-electron chi connectivity index (χ4n) is 15.0. The second kappa shape index (κ2) is 30.7. The lowest BCUT2D eigenvalue weighted by molar-refractivity contribution is -0.135. The van der Waals surface area contributed by atoms with Gasteiger partial charge in [0.1, 0.15) is 39.4 Å². The summed E-state index contributed by atoms with van der Waals surface area (Å²) in [6.07, 6.45) is 13.4. The number of hydrogen-bond acceptors (Lipinski definition) is 15. The SMILES string of the molecule is CN1C(=O)N(CC(=O)c2ccccc2)C(=O)C1(C)C1C=CCCC1.CN1C(=O)N(CC(=O)c2ccccc2)C(=O)C1(C)C1C[C@@H]2C=C[C@H]1C2.COc1cc(C)ccc1C1(C)C(=O)N(CC(=O)c2ccccc2)C(=O)N1C.COc1ccc(C2(C)C(=O)N(CC(=O)c3ccccc3)C(=O)N2C)c(OC)c1. The van der Waals surface area contributed by atoms with Crippen molar-refractivity contribution < 1.29 is 71.7 Å². The Hall–Kier alpha value is -11.4. The first-order valence-corrected chi connectivity index (χ1v) is 34.5. The summed E-state index contributed by atoms with van der Waals surface area (Å²) < 4.78 is 16.1. The molecule has 542 valence electrons. The maximum absolute atomic E-state index is 13.3. The van der Waals surface area contributed by atoms with Gasteiger partial charge in [-0.1, -0.05) is 158 Å². The van der Waals surface area contributed by atoms with Crippen molar-refractivity contribution in [3.05, 3.63) is 221 Å². The lowest BCUT2D eigenvalue weighted by Crippen LogP contribution is -2.52. The van der Waals surface area contributed by atoms with E-state index < -0.39 is 52.1 Å². The van der Waals surface area contributed by atoms with Gasteiger partial charge in [-0.2, -0.15) is 0 Å². The van der Waals surface area contributed by atoms with Crippen molar-refractivity contribution in [3.8, 4) is 17.2 Å². The highest BCUT2D eigenvalue weighted by molar-refractivity contribution is 6.14. The van der Waals surface area contributed by atoms with Crippen LogP contribution in [0.3, 0.4) is 0 Å². The van der Waals surface area contributed by atoms with Gasteiger partial charge in [0.2, 0.25) is 0 Å². The second-order valence-corrected chi connectivity index (χ2v) is 27.7. The minimum Gasteiger partial charge on any atom is -0.497 e. The van der Waals surface area contributed by atoms with Crippen molar-refractivity contribution >= 4 is 70.9 Å².